The molecule has 0 aliphatic carbocycles. The number of sulfone groups is 1. The number of benzene rings is 1. The maximum atomic E-state index is 12.3. The van der Waals surface area contributed by atoms with Crippen molar-refractivity contribution in [1.29, 1.82) is 0 Å². The smallest absolute Gasteiger partial charge is 0.359 e. The minimum absolute atomic E-state index is 0.0558. The Hall–Kier alpha value is -3.20. The maximum absolute atomic E-state index is 12.3. The van der Waals surface area contributed by atoms with Crippen molar-refractivity contribution in [3.05, 3.63) is 65.5 Å². The molecule has 0 radical (unpaired) electrons. The summed E-state index contributed by atoms with van der Waals surface area (Å²) in [6, 6.07) is 7.15. The number of ether oxygens (including phenoxy) is 1. The summed E-state index contributed by atoms with van der Waals surface area (Å²) in [4.78, 5) is 20.6. The van der Waals surface area contributed by atoms with Crippen LogP contribution in [0, 0.1) is 11.8 Å². The molecule has 0 bridgehead atoms. The van der Waals surface area contributed by atoms with Crippen molar-refractivity contribution in [1.82, 2.24) is 9.97 Å². The zero-order chi connectivity index (χ0) is 17.7. The highest BCUT2D eigenvalue weighted by molar-refractivity contribution is 7.94. The Balaban J connectivity index is 1.84. The van der Waals surface area contributed by atoms with Crippen molar-refractivity contribution in [3.63, 3.8) is 0 Å². The molecular weight excluding hydrogens is 340 g/mol. The van der Waals surface area contributed by atoms with E-state index in [0.29, 0.717) is 11.0 Å². The van der Waals surface area contributed by atoms with E-state index in [9.17, 15) is 13.2 Å². The zero-order valence-corrected chi connectivity index (χ0v) is 13.7. The van der Waals surface area contributed by atoms with E-state index in [4.69, 9.17) is 4.74 Å². The number of para-hydroxylation sites is 2. The van der Waals surface area contributed by atoms with Gasteiger partial charge in [-0.1, -0.05) is 24.0 Å². The fourth-order valence-corrected chi connectivity index (χ4v) is 2.65. The number of rotatable bonds is 2. The lowest BCUT2D eigenvalue weighted by Gasteiger charge is -2.09. The van der Waals surface area contributed by atoms with Gasteiger partial charge in [0.2, 0.25) is 0 Å². The average molecular weight is 352 g/mol. The zero-order valence-electron chi connectivity index (χ0n) is 12.9. The Morgan fingerprint density at radius 1 is 1.24 bits per heavy atom. The van der Waals surface area contributed by atoms with Crippen LogP contribution in [0.2, 0.25) is 0 Å². The lowest BCUT2D eigenvalue weighted by Crippen LogP contribution is -2.15. The molecule has 7 heteroatoms. The van der Waals surface area contributed by atoms with E-state index in [1.54, 1.807) is 18.2 Å². The van der Waals surface area contributed by atoms with Gasteiger partial charge in [0, 0.05) is 6.08 Å². The van der Waals surface area contributed by atoms with Crippen LogP contribution < -0.4 is 0 Å². The number of esters is 1. The van der Waals surface area contributed by atoms with Crippen LogP contribution in [0.5, 0.6) is 0 Å². The number of allylic oxidation sites excluding steroid dienone is 1. The second-order valence-electron chi connectivity index (χ2n) is 5.05. The third-order valence-corrected chi connectivity index (χ3v) is 4.20. The van der Waals surface area contributed by atoms with E-state index in [2.05, 4.69) is 27.5 Å². The number of hydrogen-bond donors (Lipinski definition) is 0. The van der Waals surface area contributed by atoms with Crippen molar-refractivity contribution in [2.24, 2.45) is 0 Å². The Kier molecular flexibility index (Phi) is 4.75. The number of aromatic nitrogens is 2. The largest absolute Gasteiger partial charge is 0.448 e. The summed E-state index contributed by atoms with van der Waals surface area (Å²) in [7, 11) is -3.45. The van der Waals surface area contributed by atoms with E-state index < -0.39 is 21.9 Å². The van der Waals surface area contributed by atoms with E-state index in [-0.39, 0.29) is 11.4 Å². The van der Waals surface area contributed by atoms with Gasteiger partial charge in [0.25, 0.3) is 0 Å². The summed E-state index contributed by atoms with van der Waals surface area (Å²) < 4.78 is 28.4. The highest BCUT2D eigenvalue weighted by Gasteiger charge is 2.14. The number of carbonyl (C=O) groups is 1. The molecule has 0 N–H and O–H groups in total. The maximum Gasteiger partial charge on any atom is 0.359 e. The Labute approximate surface area is 144 Å². The molecule has 124 valence electrons. The van der Waals surface area contributed by atoms with Crippen molar-refractivity contribution in [2.45, 2.75) is 6.10 Å². The molecule has 1 aromatic heterocycles. The molecule has 1 unspecified atom stereocenters. The van der Waals surface area contributed by atoms with Crippen LogP contribution in [0.4, 0.5) is 0 Å². The van der Waals surface area contributed by atoms with Crippen LogP contribution in [0.3, 0.4) is 0 Å². The highest BCUT2D eigenvalue weighted by atomic mass is 32.2. The van der Waals surface area contributed by atoms with Gasteiger partial charge in [0.05, 0.1) is 22.6 Å². The predicted molar refractivity (Wildman–Crippen MR) is 92.1 cm³/mol. The molecule has 0 spiro atoms. The molecule has 1 atom stereocenters. The second-order valence-corrected chi connectivity index (χ2v) is 6.90. The van der Waals surface area contributed by atoms with Crippen molar-refractivity contribution in [3.8, 4) is 11.8 Å². The lowest BCUT2D eigenvalue weighted by atomic mass is 10.3. The average Bonchev–Trinajstić information content (AvgIpc) is 2.60. The molecule has 1 aliphatic heterocycles. The fraction of sp³-hybridized carbons (Fsp3) is 0.111. The number of hydrogen-bond acceptors (Lipinski definition) is 6. The number of carbonyl (C=O) groups excluding carboxylic acids is 1. The van der Waals surface area contributed by atoms with Crippen LogP contribution in [0.25, 0.3) is 11.0 Å². The Morgan fingerprint density at radius 2 is 2.04 bits per heavy atom. The Bertz CT molecular complexity index is 1080. The van der Waals surface area contributed by atoms with Crippen molar-refractivity contribution < 1.29 is 17.9 Å². The van der Waals surface area contributed by atoms with Gasteiger partial charge in [0.1, 0.15) is 11.9 Å². The van der Waals surface area contributed by atoms with Gasteiger partial charge >= 0.3 is 5.97 Å². The standard InChI is InChI=1S/C18H12N2O4S/c21-18(17-13-19-15-9-3-4-10-16(15)20-17)24-14-7-2-1-5-11-25(22,23)12-6-8-14/h2-4,7-10,12-14H,11H2. The van der Waals surface area contributed by atoms with Gasteiger partial charge in [-0.2, -0.15) is 0 Å². The summed E-state index contributed by atoms with van der Waals surface area (Å²) in [5, 5.41) is 0.914. The van der Waals surface area contributed by atoms with Crippen LogP contribution in [0.1, 0.15) is 10.5 Å². The van der Waals surface area contributed by atoms with Crippen molar-refractivity contribution in [2.75, 3.05) is 5.75 Å². The molecule has 6 nitrogen and oxygen atoms in total. The Morgan fingerprint density at radius 3 is 2.88 bits per heavy atom. The third kappa shape index (κ3) is 4.42. The lowest BCUT2D eigenvalue weighted by molar-refractivity contribution is 0.0456. The van der Waals surface area contributed by atoms with E-state index >= 15 is 0 Å². The van der Waals surface area contributed by atoms with Crippen molar-refractivity contribution >= 4 is 26.8 Å². The van der Waals surface area contributed by atoms with E-state index in [0.717, 1.165) is 5.41 Å². The number of nitrogens with zero attached hydrogens (tertiary/aromatic N) is 2. The quantitative estimate of drug-likeness (QED) is 0.465. The first-order chi connectivity index (χ1) is 12.0. The molecule has 1 aromatic carbocycles. The summed E-state index contributed by atoms with van der Waals surface area (Å²) >= 11 is 0. The second kappa shape index (κ2) is 7.14. The molecule has 0 amide bonds. The monoisotopic (exact) mass is 352 g/mol. The topological polar surface area (TPSA) is 86.2 Å². The fourth-order valence-electron chi connectivity index (χ4n) is 1.99. The van der Waals surface area contributed by atoms with Crippen LogP contribution >= 0.6 is 0 Å². The SMILES string of the molecule is O=C(OC1C=C=CS(=O)(=O)CC#CC=C1)c1cnc2ccccc2n1. The third-order valence-electron chi connectivity index (χ3n) is 3.15. The summed E-state index contributed by atoms with van der Waals surface area (Å²) in [5.41, 5.74) is 3.81. The summed E-state index contributed by atoms with van der Waals surface area (Å²) in [5.74, 6) is 4.12. The first kappa shape index (κ1) is 16.7. The van der Waals surface area contributed by atoms with Crippen LogP contribution in [0.15, 0.2) is 59.8 Å². The van der Waals surface area contributed by atoms with Crippen LogP contribution in [-0.4, -0.2) is 36.2 Å². The van der Waals surface area contributed by atoms with Gasteiger partial charge in [-0.3, -0.25) is 4.98 Å². The summed E-state index contributed by atoms with van der Waals surface area (Å²) in [6.07, 6.45) is 4.80. The van der Waals surface area contributed by atoms with E-state index in [1.165, 1.54) is 24.4 Å². The molecule has 2 aromatic rings. The molecule has 1 aliphatic rings. The molecule has 0 saturated heterocycles. The highest BCUT2D eigenvalue weighted by Crippen LogP contribution is 2.10. The normalized spacial score (nSPS) is 18.3. The summed E-state index contributed by atoms with van der Waals surface area (Å²) in [6.45, 7) is 0. The minimum Gasteiger partial charge on any atom is -0.448 e. The molecule has 3 rings (SSSR count). The molecule has 0 fully saturated rings. The van der Waals surface area contributed by atoms with Gasteiger partial charge in [-0.25, -0.2) is 18.2 Å². The molecule has 0 saturated carbocycles. The first-order valence-corrected chi connectivity index (χ1v) is 8.98. The van der Waals surface area contributed by atoms with Gasteiger partial charge in [-0.05, 0) is 24.3 Å². The molecule has 2 heterocycles. The first-order valence-electron chi connectivity index (χ1n) is 7.27. The van der Waals surface area contributed by atoms with Gasteiger partial charge in [0.15, 0.2) is 15.5 Å². The van der Waals surface area contributed by atoms with Gasteiger partial charge in [-0.15, -0.1) is 5.73 Å². The van der Waals surface area contributed by atoms with Crippen LogP contribution in [-0.2, 0) is 14.6 Å². The minimum atomic E-state index is -3.45. The molecule has 25 heavy (non-hydrogen) atoms. The molecular formula is C18H12N2O4S. The van der Waals surface area contributed by atoms with E-state index in [1.807, 2.05) is 6.07 Å². The number of fused-ring (bicyclic) bond motifs is 1. The van der Waals surface area contributed by atoms with Gasteiger partial charge < -0.3 is 4.74 Å². The predicted octanol–water partition coefficient (Wildman–Crippen LogP) is 1.81.